The van der Waals surface area contributed by atoms with Gasteiger partial charge in [-0.05, 0) is 18.2 Å². The summed E-state index contributed by atoms with van der Waals surface area (Å²) in [6.45, 7) is -0.308. The van der Waals surface area contributed by atoms with Crippen LogP contribution in [0.4, 0.5) is 0 Å². The highest BCUT2D eigenvalue weighted by atomic mass is 35.7. The maximum absolute atomic E-state index is 11.2. The molecule has 0 radical (unpaired) electrons. The van der Waals surface area contributed by atoms with Crippen LogP contribution < -0.4 is 10.1 Å². The second-order valence-corrected chi connectivity index (χ2v) is 5.96. The predicted octanol–water partition coefficient (Wildman–Crippen LogP) is 1.39. The zero-order chi connectivity index (χ0) is 13.1. The lowest BCUT2D eigenvalue weighted by Crippen LogP contribution is -2.25. The van der Waals surface area contributed by atoms with Crippen LogP contribution in [0.2, 0.25) is 5.02 Å². The maximum Gasteiger partial charge on any atom is 0.265 e. The van der Waals surface area contributed by atoms with Gasteiger partial charge >= 0.3 is 0 Å². The third-order valence-electron chi connectivity index (χ3n) is 1.81. The van der Waals surface area contributed by atoms with E-state index in [0.29, 0.717) is 0 Å². The molecule has 0 bridgehead atoms. The van der Waals surface area contributed by atoms with E-state index in [2.05, 4.69) is 5.32 Å². The molecule has 0 saturated heterocycles. The lowest BCUT2D eigenvalue weighted by atomic mass is 10.3. The first kappa shape index (κ1) is 14.1. The average molecular weight is 298 g/mol. The van der Waals surface area contributed by atoms with E-state index in [9.17, 15) is 13.2 Å². The molecule has 0 fully saturated rings. The molecule has 0 aliphatic heterocycles. The molecule has 1 rings (SSSR count). The summed E-state index contributed by atoms with van der Waals surface area (Å²) in [5.41, 5.74) is 0. The topological polar surface area (TPSA) is 72.5 Å². The number of halogens is 2. The number of benzene rings is 1. The van der Waals surface area contributed by atoms with Crippen LogP contribution in [-0.2, 0) is 13.8 Å². The van der Waals surface area contributed by atoms with E-state index in [1.54, 1.807) is 0 Å². The van der Waals surface area contributed by atoms with Crippen molar-refractivity contribution in [1.82, 2.24) is 5.32 Å². The number of carbonyl (C=O) groups is 1. The summed E-state index contributed by atoms with van der Waals surface area (Å²) in [6.07, 6.45) is 0. The van der Waals surface area contributed by atoms with Gasteiger partial charge in [0.25, 0.3) is 15.0 Å². The third-order valence-corrected chi connectivity index (χ3v) is 3.38. The molecule has 0 atom stereocenters. The molecule has 0 aliphatic carbocycles. The van der Waals surface area contributed by atoms with Crippen molar-refractivity contribution in [2.45, 2.75) is 4.90 Å². The Morgan fingerprint density at radius 1 is 1.47 bits per heavy atom. The fourth-order valence-electron chi connectivity index (χ4n) is 1.01. The first-order chi connectivity index (χ1) is 7.84. The number of ether oxygens (including phenoxy) is 1. The molecular formula is C9H9Cl2NO4S. The van der Waals surface area contributed by atoms with Crippen LogP contribution in [0.25, 0.3) is 0 Å². The second kappa shape index (κ2) is 5.57. The number of amides is 1. The minimum atomic E-state index is -3.98. The highest BCUT2D eigenvalue weighted by Crippen LogP contribution is 2.29. The van der Waals surface area contributed by atoms with Gasteiger partial charge in [-0.15, -0.1) is 0 Å². The molecule has 1 aromatic rings. The van der Waals surface area contributed by atoms with Crippen molar-refractivity contribution in [3.05, 3.63) is 23.2 Å². The van der Waals surface area contributed by atoms with Crippen LogP contribution in [0.5, 0.6) is 5.75 Å². The van der Waals surface area contributed by atoms with Crippen LogP contribution in [0, 0.1) is 0 Å². The van der Waals surface area contributed by atoms with Gasteiger partial charge < -0.3 is 10.1 Å². The van der Waals surface area contributed by atoms with Gasteiger partial charge in [0.05, 0.1) is 0 Å². The summed E-state index contributed by atoms with van der Waals surface area (Å²) in [4.78, 5) is 10.7. The quantitative estimate of drug-likeness (QED) is 0.853. The first-order valence-corrected chi connectivity index (χ1v) is 7.11. The van der Waals surface area contributed by atoms with Gasteiger partial charge in [0.2, 0.25) is 0 Å². The number of carbonyl (C=O) groups excluding carboxylic acids is 1. The van der Waals surface area contributed by atoms with Crippen LogP contribution in [-0.4, -0.2) is 28.0 Å². The summed E-state index contributed by atoms with van der Waals surface area (Å²) < 4.78 is 27.5. The Labute approximate surface area is 108 Å². The fraction of sp³-hybridized carbons (Fsp3) is 0.222. The highest BCUT2D eigenvalue weighted by molar-refractivity contribution is 8.13. The summed E-state index contributed by atoms with van der Waals surface area (Å²) in [5, 5.41) is 2.54. The summed E-state index contributed by atoms with van der Waals surface area (Å²) in [7, 11) is 2.68. The Balaban J connectivity index is 3.04. The number of rotatable bonds is 4. The van der Waals surface area contributed by atoms with E-state index in [0.717, 1.165) is 6.07 Å². The van der Waals surface area contributed by atoms with Crippen molar-refractivity contribution in [1.29, 1.82) is 0 Å². The van der Waals surface area contributed by atoms with Crippen LogP contribution in [0.15, 0.2) is 23.1 Å². The van der Waals surface area contributed by atoms with Crippen LogP contribution in [0.1, 0.15) is 0 Å². The molecular weight excluding hydrogens is 289 g/mol. The monoisotopic (exact) mass is 297 g/mol. The Kier molecular flexibility index (Phi) is 4.62. The molecule has 94 valence electrons. The SMILES string of the molecule is CNC(=O)COc1ccc(Cl)cc1S(=O)(=O)Cl. The fourth-order valence-corrected chi connectivity index (χ4v) is 2.24. The van der Waals surface area contributed by atoms with Crippen molar-refractivity contribution in [3.8, 4) is 5.75 Å². The standard InChI is InChI=1S/C9H9Cl2NO4S/c1-12-9(13)5-16-7-3-2-6(10)4-8(7)17(11,14)15/h2-4H,5H2,1H3,(H,12,13). The molecule has 0 aliphatic rings. The highest BCUT2D eigenvalue weighted by Gasteiger charge is 2.18. The molecule has 0 heterocycles. The minimum Gasteiger partial charge on any atom is -0.482 e. The van der Waals surface area contributed by atoms with E-state index in [1.807, 2.05) is 0 Å². The maximum atomic E-state index is 11.2. The van der Waals surface area contributed by atoms with Gasteiger partial charge in [0, 0.05) is 22.8 Å². The van der Waals surface area contributed by atoms with Gasteiger partial charge in [-0.3, -0.25) is 4.79 Å². The smallest absolute Gasteiger partial charge is 0.265 e. The van der Waals surface area contributed by atoms with Crippen molar-refractivity contribution < 1.29 is 17.9 Å². The summed E-state index contributed by atoms with van der Waals surface area (Å²) in [5.74, 6) is -0.411. The molecule has 17 heavy (non-hydrogen) atoms. The Morgan fingerprint density at radius 2 is 2.12 bits per heavy atom. The molecule has 1 amide bonds. The largest absolute Gasteiger partial charge is 0.482 e. The van der Waals surface area contributed by atoms with Crippen molar-refractivity contribution in [3.63, 3.8) is 0 Å². The van der Waals surface area contributed by atoms with E-state index >= 15 is 0 Å². The van der Waals surface area contributed by atoms with Crippen LogP contribution in [0.3, 0.4) is 0 Å². The molecule has 0 spiro atoms. The molecule has 0 saturated carbocycles. The van der Waals surface area contributed by atoms with Crippen molar-refractivity contribution >= 4 is 37.2 Å². The molecule has 0 aromatic heterocycles. The lowest BCUT2D eigenvalue weighted by molar-refractivity contribution is -0.122. The first-order valence-electron chi connectivity index (χ1n) is 4.42. The van der Waals surface area contributed by atoms with Crippen molar-refractivity contribution in [2.75, 3.05) is 13.7 Å². The van der Waals surface area contributed by atoms with E-state index in [-0.39, 0.29) is 22.3 Å². The van der Waals surface area contributed by atoms with Gasteiger partial charge in [-0.25, -0.2) is 8.42 Å². The van der Waals surface area contributed by atoms with E-state index in [4.69, 9.17) is 27.0 Å². The lowest BCUT2D eigenvalue weighted by Gasteiger charge is -2.08. The van der Waals surface area contributed by atoms with Gasteiger partial charge in [0.15, 0.2) is 6.61 Å². The number of nitrogens with one attached hydrogen (secondary N) is 1. The van der Waals surface area contributed by atoms with Gasteiger partial charge in [-0.1, -0.05) is 11.6 Å². The number of hydrogen-bond donors (Lipinski definition) is 1. The van der Waals surface area contributed by atoms with Crippen LogP contribution >= 0.6 is 22.3 Å². The minimum absolute atomic E-state index is 0.0204. The van der Waals surface area contributed by atoms with Crippen molar-refractivity contribution in [2.24, 2.45) is 0 Å². The Morgan fingerprint density at radius 3 is 2.65 bits per heavy atom. The summed E-state index contributed by atoms with van der Waals surface area (Å²) in [6, 6.07) is 3.93. The average Bonchev–Trinajstić information content (AvgIpc) is 2.25. The molecule has 5 nitrogen and oxygen atoms in total. The molecule has 1 N–H and O–H groups in total. The molecule has 0 unspecified atom stereocenters. The van der Waals surface area contributed by atoms with Gasteiger partial charge in [-0.2, -0.15) is 0 Å². The van der Waals surface area contributed by atoms with Gasteiger partial charge in [0.1, 0.15) is 10.6 Å². The van der Waals surface area contributed by atoms with E-state index in [1.165, 1.54) is 19.2 Å². The summed E-state index contributed by atoms with van der Waals surface area (Å²) >= 11 is 5.65. The second-order valence-electron chi connectivity index (χ2n) is 2.99. The Bertz CT molecular complexity index is 530. The number of hydrogen-bond acceptors (Lipinski definition) is 4. The molecule has 1 aromatic carbocycles. The Hall–Kier alpha value is -0.980. The zero-order valence-corrected chi connectivity index (χ0v) is 11.1. The predicted molar refractivity (Wildman–Crippen MR) is 64.1 cm³/mol. The molecule has 8 heteroatoms. The third kappa shape index (κ3) is 4.07. The zero-order valence-electron chi connectivity index (χ0n) is 8.74. The number of likely N-dealkylation sites (N-methyl/N-ethyl adjacent to an activating group) is 1. The van der Waals surface area contributed by atoms with E-state index < -0.39 is 15.0 Å². The normalized spacial score (nSPS) is 11.0.